The van der Waals surface area contributed by atoms with Crippen LogP contribution in [0.25, 0.3) is 0 Å². The van der Waals surface area contributed by atoms with Crippen LogP contribution >= 0.6 is 0 Å². The van der Waals surface area contributed by atoms with Crippen molar-refractivity contribution in [3.8, 4) is 0 Å². The standard InChI is InChI=1S/C17H21N3O2/c1-4-9-20-10-13-14(16(20)21)15(18-17(22)19(13)3)12-7-5-11(2)6-8-12/h5-8,15H,4,9-10H2,1-3H3,(H,18,22)/t15-/m1/s1. The Labute approximate surface area is 130 Å². The van der Waals surface area contributed by atoms with Gasteiger partial charge in [0.2, 0.25) is 0 Å². The van der Waals surface area contributed by atoms with Crippen LogP contribution in [0.1, 0.15) is 30.5 Å². The minimum atomic E-state index is -0.353. The summed E-state index contributed by atoms with van der Waals surface area (Å²) >= 11 is 0. The van der Waals surface area contributed by atoms with Crippen LogP contribution in [-0.2, 0) is 4.79 Å². The normalized spacial score (nSPS) is 21.3. The van der Waals surface area contributed by atoms with E-state index < -0.39 is 0 Å². The summed E-state index contributed by atoms with van der Waals surface area (Å²) in [4.78, 5) is 28.3. The molecule has 3 amide bonds. The summed E-state index contributed by atoms with van der Waals surface area (Å²) in [7, 11) is 1.72. The van der Waals surface area contributed by atoms with E-state index in [9.17, 15) is 9.59 Å². The zero-order chi connectivity index (χ0) is 15.9. The van der Waals surface area contributed by atoms with Gasteiger partial charge in [0.25, 0.3) is 5.91 Å². The molecule has 5 nitrogen and oxygen atoms in total. The van der Waals surface area contributed by atoms with E-state index in [1.807, 2.05) is 36.1 Å². The van der Waals surface area contributed by atoms with Crippen LogP contribution in [0, 0.1) is 6.92 Å². The van der Waals surface area contributed by atoms with Crippen LogP contribution in [0.4, 0.5) is 4.79 Å². The Kier molecular flexibility index (Phi) is 3.64. The topological polar surface area (TPSA) is 52.7 Å². The lowest BCUT2D eigenvalue weighted by atomic mass is 9.95. The maximum Gasteiger partial charge on any atom is 0.322 e. The molecule has 116 valence electrons. The number of nitrogens with one attached hydrogen (secondary N) is 1. The Morgan fingerprint density at radius 3 is 2.55 bits per heavy atom. The van der Waals surface area contributed by atoms with Crippen molar-refractivity contribution in [2.45, 2.75) is 26.3 Å². The van der Waals surface area contributed by atoms with E-state index in [4.69, 9.17) is 0 Å². The van der Waals surface area contributed by atoms with Crippen LogP contribution in [0.3, 0.4) is 0 Å². The highest BCUT2D eigenvalue weighted by atomic mass is 16.2. The first-order valence-corrected chi connectivity index (χ1v) is 7.66. The van der Waals surface area contributed by atoms with Gasteiger partial charge in [-0.25, -0.2) is 4.79 Å². The molecule has 1 atom stereocenters. The highest BCUT2D eigenvalue weighted by Crippen LogP contribution is 2.35. The number of likely N-dealkylation sites (N-methyl/N-ethyl adjacent to an activating group) is 1. The highest BCUT2D eigenvalue weighted by Gasteiger charge is 2.42. The maximum atomic E-state index is 12.7. The fourth-order valence-electron chi connectivity index (χ4n) is 3.08. The van der Waals surface area contributed by atoms with E-state index in [2.05, 4.69) is 12.2 Å². The Bertz CT molecular complexity index is 648. The zero-order valence-corrected chi connectivity index (χ0v) is 13.2. The molecule has 0 fully saturated rings. The van der Waals surface area contributed by atoms with Crippen LogP contribution in [0.2, 0.25) is 0 Å². The van der Waals surface area contributed by atoms with Crippen LogP contribution in [0.15, 0.2) is 35.5 Å². The molecular weight excluding hydrogens is 278 g/mol. The third-order valence-electron chi connectivity index (χ3n) is 4.34. The monoisotopic (exact) mass is 299 g/mol. The van der Waals surface area contributed by atoms with Gasteiger partial charge >= 0.3 is 6.03 Å². The predicted octanol–water partition coefficient (Wildman–Crippen LogP) is 2.20. The number of rotatable bonds is 3. The molecule has 1 aromatic rings. The summed E-state index contributed by atoms with van der Waals surface area (Å²) in [6.45, 7) is 5.31. The predicted molar refractivity (Wildman–Crippen MR) is 84.1 cm³/mol. The second-order valence-corrected chi connectivity index (χ2v) is 5.94. The highest BCUT2D eigenvalue weighted by molar-refractivity contribution is 6.01. The van der Waals surface area contributed by atoms with Gasteiger partial charge in [0.05, 0.1) is 23.9 Å². The molecule has 0 saturated carbocycles. The van der Waals surface area contributed by atoms with Crippen LogP contribution in [0.5, 0.6) is 0 Å². The number of benzene rings is 1. The second-order valence-electron chi connectivity index (χ2n) is 5.94. The van der Waals surface area contributed by atoms with Gasteiger partial charge < -0.3 is 10.2 Å². The Morgan fingerprint density at radius 2 is 1.91 bits per heavy atom. The summed E-state index contributed by atoms with van der Waals surface area (Å²) in [6, 6.07) is 7.45. The van der Waals surface area contributed by atoms with Crippen molar-refractivity contribution >= 4 is 11.9 Å². The fourth-order valence-corrected chi connectivity index (χ4v) is 3.08. The summed E-state index contributed by atoms with van der Waals surface area (Å²) in [6.07, 6.45) is 0.909. The average molecular weight is 299 g/mol. The molecule has 5 heteroatoms. The molecule has 1 aromatic carbocycles. The summed E-state index contributed by atoms with van der Waals surface area (Å²) in [5.74, 6) is 0.0364. The van der Waals surface area contributed by atoms with Crippen molar-refractivity contribution in [2.75, 3.05) is 20.1 Å². The van der Waals surface area contributed by atoms with E-state index in [-0.39, 0.29) is 18.0 Å². The average Bonchev–Trinajstić information content (AvgIpc) is 2.82. The van der Waals surface area contributed by atoms with Gasteiger partial charge in [-0.1, -0.05) is 36.8 Å². The van der Waals surface area contributed by atoms with Gasteiger partial charge in [-0.3, -0.25) is 9.69 Å². The number of aryl methyl sites for hydroxylation is 1. The second kappa shape index (κ2) is 5.48. The van der Waals surface area contributed by atoms with E-state index in [1.165, 1.54) is 0 Å². The molecule has 0 unspecified atom stereocenters. The van der Waals surface area contributed by atoms with Gasteiger partial charge in [-0.05, 0) is 18.9 Å². The van der Waals surface area contributed by atoms with Gasteiger partial charge in [-0.2, -0.15) is 0 Å². The number of carbonyl (C=O) groups excluding carboxylic acids is 2. The lowest BCUT2D eigenvalue weighted by Gasteiger charge is -2.31. The summed E-state index contributed by atoms with van der Waals surface area (Å²) < 4.78 is 0. The van der Waals surface area contributed by atoms with Crippen molar-refractivity contribution in [3.63, 3.8) is 0 Å². The lowest BCUT2D eigenvalue weighted by molar-refractivity contribution is -0.125. The van der Waals surface area contributed by atoms with E-state index in [0.717, 1.165) is 23.2 Å². The smallest absolute Gasteiger partial charge is 0.322 e. The molecular formula is C17H21N3O2. The quantitative estimate of drug-likeness (QED) is 0.930. The number of amides is 3. The van der Waals surface area contributed by atoms with Crippen molar-refractivity contribution in [1.29, 1.82) is 0 Å². The minimum absolute atomic E-state index is 0.0364. The molecule has 2 heterocycles. The van der Waals surface area contributed by atoms with E-state index >= 15 is 0 Å². The molecule has 3 rings (SSSR count). The van der Waals surface area contributed by atoms with Crippen LogP contribution < -0.4 is 5.32 Å². The number of nitrogens with zero attached hydrogens (tertiary/aromatic N) is 2. The van der Waals surface area contributed by atoms with E-state index in [0.29, 0.717) is 18.7 Å². The molecule has 0 radical (unpaired) electrons. The molecule has 2 aliphatic rings. The number of urea groups is 1. The molecule has 0 saturated heterocycles. The van der Waals surface area contributed by atoms with Crippen molar-refractivity contribution in [2.24, 2.45) is 0 Å². The minimum Gasteiger partial charge on any atom is -0.333 e. The SMILES string of the molecule is CCCN1CC2=C(C1=O)[C@@H](c1ccc(C)cc1)NC(=O)N2C. The van der Waals surface area contributed by atoms with Crippen molar-refractivity contribution in [3.05, 3.63) is 46.7 Å². The third kappa shape index (κ3) is 2.26. The molecule has 0 bridgehead atoms. The Balaban J connectivity index is 2.02. The maximum absolute atomic E-state index is 12.7. The summed E-state index contributed by atoms with van der Waals surface area (Å²) in [5.41, 5.74) is 3.64. The molecule has 2 aliphatic heterocycles. The zero-order valence-electron chi connectivity index (χ0n) is 13.2. The largest absolute Gasteiger partial charge is 0.333 e. The first-order valence-electron chi connectivity index (χ1n) is 7.66. The molecule has 1 N–H and O–H groups in total. The summed E-state index contributed by atoms with van der Waals surface area (Å²) in [5, 5.41) is 2.95. The van der Waals surface area contributed by atoms with Gasteiger partial charge in [0.15, 0.2) is 0 Å². The fraction of sp³-hybridized carbons (Fsp3) is 0.412. The Hall–Kier alpha value is -2.30. The van der Waals surface area contributed by atoms with Gasteiger partial charge in [0.1, 0.15) is 0 Å². The lowest BCUT2D eigenvalue weighted by Crippen LogP contribution is -2.45. The van der Waals surface area contributed by atoms with Gasteiger partial charge in [-0.15, -0.1) is 0 Å². The molecule has 22 heavy (non-hydrogen) atoms. The third-order valence-corrected chi connectivity index (χ3v) is 4.34. The number of hydrogen-bond donors (Lipinski definition) is 1. The first-order chi connectivity index (χ1) is 10.5. The number of hydrogen-bond acceptors (Lipinski definition) is 2. The molecule has 0 spiro atoms. The Morgan fingerprint density at radius 1 is 1.23 bits per heavy atom. The molecule has 0 aliphatic carbocycles. The number of carbonyl (C=O) groups is 2. The molecule has 0 aromatic heterocycles. The van der Waals surface area contributed by atoms with E-state index in [1.54, 1.807) is 11.9 Å². The van der Waals surface area contributed by atoms with Crippen molar-refractivity contribution in [1.82, 2.24) is 15.1 Å². The van der Waals surface area contributed by atoms with Crippen LogP contribution in [-0.4, -0.2) is 41.9 Å². The van der Waals surface area contributed by atoms with Gasteiger partial charge in [0, 0.05) is 13.6 Å². The first kappa shape index (κ1) is 14.6. The van der Waals surface area contributed by atoms with Crippen molar-refractivity contribution < 1.29 is 9.59 Å².